The molecule has 0 saturated heterocycles. The summed E-state index contributed by atoms with van der Waals surface area (Å²) in [4.78, 5) is 13.2. The van der Waals surface area contributed by atoms with Crippen molar-refractivity contribution < 1.29 is 22.7 Å². The maximum Gasteiger partial charge on any atom is 0.244 e. The topological polar surface area (TPSA) is 84.9 Å². The molecule has 1 N–H and O–H groups in total. The van der Waals surface area contributed by atoms with E-state index in [0.29, 0.717) is 35.6 Å². The minimum atomic E-state index is -3.93. The number of methoxy groups -OCH3 is 2. The predicted molar refractivity (Wildman–Crippen MR) is 146 cm³/mol. The van der Waals surface area contributed by atoms with Gasteiger partial charge in [0, 0.05) is 13.1 Å². The van der Waals surface area contributed by atoms with E-state index in [4.69, 9.17) is 9.47 Å². The molecular weight excluding hydrogens is 488 g/mol. The second-order valence-corrected chi connectivity index (χ2v) is 11.2. The van der Waals surface area contributed by atoms with Crippen LogP contribution in [-0.2, 0) is 27.8 Å². The smallest absolute Gasteiger partial charge is 0.244 e. The summed E-state index contributed by atoms with van der Waals surface area (Å²) in [6.07, 6.45) is 0.562. The molecule has 0 saturated carbocycles. The van der Waals surface area contributed by atoms with Crippen molar-refractivity contribution in [3.05, 3.63) is 88.0 Å². The molecule has 0 atom stereocenters. The molecule has 1 amide bonds. The molecule has 37 heavy (non-hydrogen) atoms. The third-order valence-corrected chi connectivity index (χ3v) is 8.28. The first-order chi connectivity index (χ1) is 17.5. The zero-order chi connectivity index (χ0) is 27.2. The highest BCUT2D eigenvalue weighted by molar-refractivity contribution is 7.89. The third-order valence-electron chi connectivity index (χ3n) is 6.19. The van der Waals surface area contributed by atoms with Gasteiger partial charge in [-0.2, -0.15) is 4.31 Å². The number of nitrogens with zero attached hydrogens (tertiary/aromatic N) is 1. The van der Waals surface area contributed by atoms with Gasteiger partial charge < -0.3 is 14.8 Å². The largest absolute Gasteiger partial charge is 0.493 e. The highest BCUT2D eigenvalue weighted by Crippen LogP contribution is 2.28. The second-order valence-electron chi connectivity index (χ2n) is 9.28. The number of benzene rings is 3. The van der Waals surface area contributed by atoms with Crippen LogP contribution in [0.1, 0.15) is 33.4 Å². The van der Waals surface area contributed by atoms with Crippen LogP contribution in [0.25, 0.3) is 0 Å². The van der Waals surface area contributed by atoms with Gasteiger partial charge >= 0.3 is 0 Å². The third kappa shape index (κ3) is 7.11. The highest BCUT2D eigenvalue weighted by atomic mass is 32.2. The van der Waals surface area contributed by atoms with Gasteiger partial charge in [0.05, 0.1) is 25.7 Å². The molecule has 3 aromatic carbocycles. The van der Waals surface area contributed by atoms with E-state index in [0.717, 1.165) is 22.3 Å². The van der Waals surface area contributed by atoms with E-state index in [1.54, 1.807) is 28.1 Å². The van der Waals surface area contributed by atoms with E-state index >= 15 is 0 Å². The van der Waals surface area contributed by atoms with Gasteiger partial charge in [0.25, 0.3) is 0 Å². The van der Waals surface area contributed by atoms with Gasteiger partial charge in [0.15, 0.2) is 11.5 Å². The zero-order valence-electron chi connectivity index (χ0n) is 22.4. The highest BCUT2D eigenvalue weighted by Gasteiger charge is 2.30. The summed E-state index contributed by atoms with van der Waals surface area (Å²) in [6.45, 7) is 7.67. The molecule has 0 radical (unpaired) electrons. The first kappa shape index (κ1) is 28.2. The fourth-order valence-corrected chi connectivity index (χ4v) is 6.22. The molecule has 0 spiro atoms. The van der Waals surface area contributed by atoms with E-state index < -0.39 is 10.0 Å². The molecule has 198 valence electrons. The van der Waals surface area contributed by atoms with Crippen molar-refractivity contribution in [2.24, 2.45) is 0 Å². The lowest BCUT2D eigenvalue weighted by molar-refractivity contribution is -0.121. The van der Waals surface area contributed by atoms with Crippen LogP contribution in [0, 0.1) is 27.7 Å². The van der Waals surface area contributed by atoms with Crippen molar-refractivity contribution in [1.82, 2.24) is 9.62 Å². The Morgan fingerprint density at radius 1 is 0.811 bits per heavy atom. The Bertz CT molecular complexity index is 1330. The van der Waals surface area contributed by atoms with Crippen molar-refractivity contribution in [3.63, 3.8) is 0 Å². The molecule has 0 fully saturated rings. The first-order valence-electron chi connectivity index (χ1n) is 12.2. The first-order valence-corrected chi connectivity index (χ1v) is 13.6. The van der Waals surface area contributed by atoms with Crippen LogP contribution < -0.4 is 14.8 Å². The van der Waals surface area contributed by atoms with Crippen LogP contribution >= 0.6 is 0 Å². The number of hydrogen-bond donors (Lipinski definition) is 1. The van der Waals surface area contributed by atoms with Crippen LogP contribution in [0.4, 0.5) is 0 Å². The lowest BCUT2D eigenvalue weighted by Gasteiger charge is -2.24. The second kappa shape index (κ2) is 12.3. The molecule has 0 aliphatic rings. The van der Waals surface area contributed by atoms with E-state index in [-0.39, 0.29) is 23.9 Å². The Labute approximate surface area is 220 Å². The lowest BCUT2D eigenvalue weighted by Crippen LogP contribution is -2.41. The maximum absolute atomic E-state index is 13.8. The summed E-state index contributed by atoms with van der Waals surface area (Å²) in [5, 5.41) is 2.87. The van der Waals surface area contributed by atoms with Crippen molar-refractivity contribution in [2.75, 3.05) is 27.3 Å². The molecule has 7 nitrogen and oxygen atoms in total. The number of amides is 1. The summed E-state index contributed by atoms with van der Waals surface area (Å²) in [7, 11) is -0.784. The molecule has 0 aliphatic heterocycles. The average molecular weight is 525 g/mol. The average Bonchev–Trinajstić information content (AvgIpc) is 2.84. The molecule has 8 heteroatoms. The SMILES string of the molecule is COc1ccc(CCNC(=O)CN(Cc2ccc(C)cc2)S(=O)(=O)c2c(C)cc(C)cc2C)cc1OC. The van der Waals surface area contributed by atoms with E-state index in [9.17, 15) is 13.2 Å². The molecule has 0 aliphatic carbocycles. The number of carbonyl (C=O) groups excluding carboxylic acids is 1. The quantitative estimate of drug-likeness (QED) is 0.400. The number of rotatable bonds is 11. The Kier molecular flexibility index (Phi) is 9.34. The fraction of sp³-hybridized carbons (Fsp3) is 0.345. The normalized spacial score (nSPS) is 11.4. The minimum absolute atomic E-state index is 0.0957. The van der Waals surface area contributed by atoms with Crippen LogP contribution in [-0.4, -0.2) is 45.9 Å². The molecular formula is C29H36N2O5S. The summed E-state index contributed by atoms with van der Waals surface area (Å²) in [6, 6.07) is 17.0. The van der Waals surface area contributed by atoms with Crippen molar-refractivity contribution >= 4 is 15.9 Å². The van der Waals surface area contributed by atoms with Crippen molar-refractivity contribution in [1.29, 1.82) is 0 Å². The Morgan fingerprint density at radius 2 is 1.41 bits per heavy atom. The van der Waals surface area contributed by atoms with Gasteiger partial charge in [0.2, 0.25) is 15.9 Å². The van der Waals surface area contributed by atoms with Crippen molar-refractivity contribution in [3.8, 4) is 11.5 Å². The number of carbonyl (C=O) groups is 1. The molecule has 0 bridgehead atoms. The minimum Gasteiger partial charge on any atom is -0.493 e. The molecule has 0 unspecified atom stereocenters. The van der Waals surface area contributed by atoms with Crippen LogP contribution in [0.2, 0.25) is 0 Å². The summed E-state index contributed by atoms with van der Waals surface area (Å²) < 4.78 is 39.5. The number of aryl methyl sites for hydroxylation is 4. The standard InChI is InChI=1S/C29H36N2O5S/c1-20-7-9-25(10-8-20)18-31(37(33,34)29-22(3)15-21(2)16-23(29)4)19-28(32)30-14-13-24-11-12-26(35-5)27(17-24)36-6/h7-12,15-17H,13-14,18-19H2,1-6H3,(H,30,32). The molecule has 3 aromatic rings. The number of nitrogens with one attached hydrogen (secondary N) is 1. The maximum atomic E-state index is 13.8. The van der Waals surface area contributed by atoms with Gasteiger partial charge in [-0.25, -0.2) is 8.42 Å². The molecule has 0 aromatic heterocycles. The van der Waals surface area contributed by atoms with E-state index in [1.165, 1.54) is 4.31 Å². The molecule has 0 heterocycles. The Balaban J connectivity index is 1.79. The van der Waals surface area contributed by atoms with Gasteiger partial charge in [-0.1, -0.05) is 53.6 Å². The summed E-state index contributed by atoms with van der Waals surface area (Å²) >= 11 is 0. The van der Waals surface area contributed by atoms with Crippen LogP contribution in [0.3, 0.4) is 0 Å². The zero-order valence-corrected chi connectivity index (χ0v) is 23.2. The fourth-order valence-electron chi connectivity index (χ4n) is 4.42. The monoisotopic (exact) mass is 524 g/mol. The predicted octanol–water partition coefficient (Wildman–Crippen LogP) is 4.49. The van der Waals surface area contributed by atoms with E-state index in [2.05, 4.69) is 5.32 Å². The van der Waals surface area contributed by atoms with Gasteiger partial charge in [-0.05, 0) is 68.5 Å². The summed E-state index contributed by atoms with van der Waals surface area (Å²) in [5.41, 5.74) is 5.19. The number of sulfonamides is 1. The van der Waals surface area contributed by atoms with Crippen LogP contribution in [0.15, 0.2) is 59.5 Å². The lowest BCUT2D eigenvalue weighted by atomic mass is 10.1. The number of hydrogen-bond acceptors (Lipinski definition) is 5. The van der Waals surface area contributed by atoms with E-state index in [1.807, 2.05) is 68.4 Å². The molecule has 3 rings (SSSR count). The number of ether oxygens (including phenoxy) is 2. The van der Waals surface area contributed by atoms with Gasteiger partial charge in [-0.3, -0.25) is 4.79 Å². The Hall–Kier alpha value is -3.36. The van der Waals surface area contributed by atoms with Crippen molar-refractivity contribution in [2.45, 2.75) is 45.6 Å². The van der Waals surface area contributed by atoms with Gasteiger partial charge in [-0.15, -0.1) is 0 Å². The van der Waals surface area contributed by atoms with Crippen LogP contribution in [0.5, 0.6) is 11.5 Å². The summed E-state index contributed by atoms with van der Waals surface area (Å²) in [5.74, 6) is 0.887. The van der Waals surface area contributed by atoms with Gasteiger partial charge in [0.1, 0.15) is 0 Å². The Morgan fingerprint density at radius 3 is 2.00 bits per heavy atom.